The lowest BCUT2D eigenvalue weighted by molar-refractivity contribution is -0.274. The maximum absolute atomic E-state index is 14.0. The van der Waals surface area contributed by atoms with E-state index in [1.807, 2.05) is 0 Å². The van der Waals surface area contributed by atoms with E-state index >= 15 is 0 Å². The Kier molecular flexibility index (Phi) is 4.22. The molecular formula is C15H9F4NO2. The standard InChI is InChI=1S/C15H9F4NO2/c1-21-11-2-3-13(14(16)7-11)10-4-9(8-20)5-12(6-10)22-15(17,18)19/h2-7H,1H3. The molecule has 0 amide bonds. The molecule has 0 aromatic heterocycles. The summed E-state index contributed by atoms with van der Waals surface area (Å²) in [5.74, 6) is -1.01. The molecule has 0 heterocycles. The highest BCUT2D eigenvalue weighted by Crippen LogP contribution is 2.32. The molecule has 0 unspecified atom stereocenters. The smallest absolute Gasteiger partial charge is 0.497 e. The molecule has 0 aliphatic rings. The molecule has 22 heavy (non-hydrogen) atoms. The van der Waals surface area contributed by atoms with Gasteiger partial charge in [0.1, 0.15) is 17.3 Å². The SMILES string of the molecule is COc1ccc(-c2cc(C#N)cc(OC(F)(F)F)c2)c(F)c1. The molecule has 114 valence electrons. The van der Waals surface area contributed by atoms with Crippen LogP contribution in [0.3, 0.4) is 0 Å². The minimum atomic E-state index is -4.90. The lowest BCUT2D eigenvalue weighted by Crippen LogP contribution is -2.17. The molecule has 2 rings (SSSR count). The van der Waals surface area contributed by atoms with Gasteiger partial charge in [0, 0.05) is 11.6 Å². The fraction of sp³-hybridized carbons (Fsp3) is 0.133. The Bertz CT molecular complexity index is 735. The topological polar surface area (TPSA) is 42.2 Å². The van der Waals surface area contributed by atoms with Crippen molar-refractivity contribution in [2.75, 3.05) is 7.11 Å². The third kappa shape index (κ3) is 3.67. The molecule has 0 aliphatic heterocycles. The van der Waals surface area contributed by atoms with Gasteiger partial charge in [-0.2, -0.15) is 5.26 Å². The molecule has 0 fully saturated rings. The minimum Gasteiger partial charge on any atom is -0.497 e. The van der Waals surface area contributed by atoms with Crippen molar-refractivity contribution >= 4 is 0 Å². The summed E-state index contributed by atoms with van der Waals surface area (Å²) in [4.78, 5) is 0. The number of rotatable bonds is 3. The highest BCUT2D eigenvalue weighted by molar-refractivity contribution is 5.68. The fourth-order valence-electron chi connectivity index (χ4n) is 1.87. The van der Waals surface area contributed by atoms with Crippen LogP contribution < -0.4 is 9.47 Å². The maximum Gasteiger partial charge on any atom is 0.573 e. The molecule has 2 aromatic carbocycles. The molecular weight excluding hydrogens is 302 g/mol. The minimum absolute atomic E-state index is 0.0323. The van der Waals surface area contributed by atoms with Crippen molar-refractivity contribution in [1.29, 1.82) is 5.26 Å². The normalized spacial score (nSPS) is 10.9. The summed E-state index contributed by atoms with van der Waals surface area (Å²) in [7, 11) is 1.36. The third-order valence-electron chi connectivity index (χ3n) is 2.76. The first kappa shape index (κ1) is 15.6. The van der Waals surface area contributed by atoms with E-state index in [1.54, 1.807) is 6.07 Å². The molecule has 0 saturated carbocycles. The average molecular weight is 311 g/mol. The Morgan fingerprint density at radius 2 is 1.77 bits per heavy atom. The summed E-state index contributed by atoms with van der Waals surface area (Å²) in [5.41, 5.74) is 0.0512. The largest absolute Gasteiger partial charge is 0.573 e. The zero-order chi connectivity index (χ0) is 16.3. The predicted molar refractivity (Wildman–Crippen MR) is 69.8 cm³/mol. The number of ether oxygens (including phenoxy) is 2. The highest BCUT2D eigenvalue weighted by Gasteiger charge is 2.31. The van der Waals surface area contributed by atoms with Crippen LogP contribution in [0, 0.1) is 17.1 Å². The number of halogens is 4. The zero-order valence-corrected chi connectivity index (χ0v) is 11.2. The Morgan fingerprint density at radius 1 is 1.05 bits per heavy atom. The zero-order valence-electron chi connectivity index (χ0n) is 11.2. The summed E-state index contributed by atoms with van der Waals surface area (Å²) >= 11 is 0. The van der Waals surface area contributed by atoms with Crippen LogP contribution in [-0.4, -0.2) is 13.5 Å². The second-order valence-electron chi connectivity index (χ2n) is 4.25. The van der Waals surface area contributed by atoms with Crippen LogP contribution in [0.5, 0.6) is 11.5 Å². The van der Waals surface area contributed by atoms with Crippen LogP contribution in [0.25, 0.3) is 11.1 Å². The van der Waals surface area contributed by atoms with Crippen molar-refractivity contribution in [3.05, 3.63) is 47.8 Å². The number of alkyl halides is 3. The molecule has 0 bridgehead atoms. The summed E-state index contributed by atoms with van der Waals surface area (Å²) < 4.78 is 59.5. The maximum atomic E-state index is 14.0. The van der Waals surface area contributed by atoms with E-state index < -0.39 is 17.9 Å². The number of benzene rings is 2. The van der Waals surface area contributed by atoms with Gasteiger partial charge in [0.15, 0.2) is 0 Å². The first-order valence-electron chi connectivity index (χ1n) is 5.97. The second kappa shape index (κ2) is 5.93. The molecule has 2 aromatic rings. The average Bonchev–Trinajstić information content (AvgIpc) is 2.44. The van der Waals surface area contributed by atoms with E-state index in [9.17, 15) is 17.6 Å². The van der Waals surface area contributed by atoms with Crippen LogP contribution >= 0.6 is 0 Å². The van der Waals surface area contributed by atoms with Crippen molar-refractivity contribution in [1.82, 2.24) is 0 Å². The van der Waals surface area contributed by atoms with Crippen molar-refractivity contribution in [2.45, 2.75) is 6.36 Å². The first-order valence-corrected chi connectivity index (χ1v) is 5.97. The predicted octanol–water partition coefficient (Wildman–Crippen LogP) is 4.27. The third-order valence-corrected chi connectivity index (χ3v) is 2.76. The van der Waals surface area contributed by atoms with Crippen LogP contribution in [0.15, 0.2) is 36.4 Å². The van der Waals surface area contributed by atoms with Crippen LogP contribution in [0.2, 0.25) is 0 Å². The Hall–Kier alpha value is -2.75. The van der Waals surface area contributed by atoms with Crippen LogP contribution in [-0.2, 0) is 0 Å². The highest BCUT2D eigenvalue weighted by atomic mass is 19.4. The van der Waals surface area contributed by atoms with E-state index in [4.69, 9.17) is 10.00 Å². The number of hydrogen-bond acceptors (Lipinski definition) is 3. The van der Waals surface area contributed by atoms with E-state index in [2.05, 4.69) is 4.74 Å². The number of hydrogen-bond donors (Lipinski definition) is 0. The Labute approximate surface area is 123 Å². The van der Waals surface area contributed by atoms with Gasteiger partial charge in [0.2, 0.25) is 0 Å². The summed E-state index contributed by atoms with van der Waals surface area (Å²) in [5, 5.41) is 8.88. The lowest BCUT2D eigenvalue weighted by atomic mass is 10.0. The van der Waals surface area contributed by atoms with Gasteiger partial charge in [-0.05, 0) is 35.9 Å². The van der Waals surface area contributed by atoms with Gasteiger partial charge in [-0.25, -0.2) is 4.39 Å². The van der Waals surface area contributed by atoms with Gasteiger partial charge in [0.25, 0.3) is 0 Å². The van der Waals surface area contributed by atoms with Crippen molar-refractivity contribution in [2.24, 2.45) is 0 Å². The van der Waals surface area contributed by atoms with E-state index in [1.165, 1.54) is 25.3 Å². The van der Waals surface area contributed by atoms with Gasteiger partial charge >= 0.3 is 6.36 Å². The number of methoxy groups -OCH3 is 1. The van der Waals surface area contributed by atoms with Gasteiger partial charge in [0.05, 0.1) is 18.7 Å². The van der Waals surface area contributed by atoms with Crippen LogP contribution in [0.1, 0.15) is 5.56 Å². The van der Waals surface area contributed by atoms with Gasteiger partial charge in [-0.1, -0.05) is 0 Å². The molecule has 0 N–H and O–H groups in total. The molecule has 0 saturated heterocycles. The summed E-state index contributed by atoms with van der Waals surface area (Å²) in [6.45, 7) is 0. The summed E-state index contributed by atoms with van der Waals surface area (Å²) in [6.07, 6.45) is -4.90. The Morgan fingerprint density at radius 3 is 2.32 bits per heavy atom. The fourth-order valence-corrected chi connectivity index (χ4v) is 1.87. The Balaban J connectivity index is 2.51. The summed E-state index contributed by atoms with van der Waals surface area (Å²) in [6, 6.07) is 8.83. The molecule has 0 spiro atoms. The van der Waals surface area contributed by atoms with E-state index in [0.29, 0.717) is 0 Å². The van der Waals surface area contributed by atoms with E-state index in [-0.39, 0.29) is 22.4 Å². The van der Waals surface area contributed by atoms with Gasteiger partial charge in [-0.15, -0.1) is 13.2 Å². The van der Waals surface area contributed by atoms with Crippen LogP contribution in [0.4, 0.5) is 17.6 Å². The molecule has 7 heteroatoms. The van der Waals surface area contributed by atoms with Crippen molar-refractivity contribution in [3.8, 4) is 28.7 Å². The van der Waals surface area contributed by atoms with Crippen molar-refractivity contribution < 1.29 is 27.0 Å². The molecule has 0 atom stereocenters. The molecule has 0 radical (unpaired) electrons. The van der Waals surface area contributed by atoms with Crippen molar-refractivity contribution in [3.63, 3.8) is 0 Å². The molecule has 3 nitrogen and oxygen atoms in total. The monoisotopic (exact) mass is 311 g/mol. The number of nitrogens with zero attached hydrogens (tertiary/aromatic N) is 1. The van der Waals surface area contributed by atoms with Gasteiger partial charge < -0.3 is 9.47 Å². The first-order chi connectivity index (χ1) is 10.3. The molecule has 0 aliphatic carbocycles. The second-order valence-corrected chi connectivity index (χ2v) is 4.25. The lowest BCUT2D eigenvalue weighted by Gasteiger charge is -2.12. The number of nitriles is 1. The van der Waals surface area contributed by atoms with E-state index in [0.717, 1.165) is 18.2 Å². The van der Waals surface area contributed by atoms with Gasteiger partial charge in [-0.3, -0.25) is 0 Å². The quantitative estimate of drug-likeness (QED) is 0.795.